The number of nitrogens with two attached hydrogens (primary N) is 1. The molecule has 5 heteroatoms. The van der Waals surface area contributed by atoms with Crippen LogP contribution in [0, 0.1) is 6.92 Å². The predicted molar refractivity (Wildman–Crippen MR) is 87.7 cm³/mol. The number of nitrogens with zero attached hydrogens (tertiary/aromatic N) is 3. The van der Waals surface area contributed by atoms with Gasteiger partial charge in [-0.3, -0.25) is 4.98 Å². The number of thiazole rings is 1. The van der Waals surface area contributed by atoms with Gasteiger partial charge in [-0.05, 0) is 38.8 Å². The maximum absolute atomic E-state index is 5.88. The molecule has 0 radical (unpaired) electrons. The number of pyridine rings is 1. The molecule has 2 N–H and O–H groups in total. The molecule has 2 aromatic rings. The zero-order chi connectivity index (χ0) is 14.8. The Balaban J connectivity index is 1.82. The fourth-order valence-electron chi connectivity index (χ4n) is 2.51. The molecule has 112 valence electrons. The van der Waals surface area contributed by atoms with Crippen LogP contribution in [0.25, 0.3) is 0 Å². The summed E-state index contributed by atoms with van der Waals surface area (Å²) in [5.74, 6) is 0.657. The summed E-state index contributed by atoms with van der Waals surface area (Å²) in [6.45, 7) is 6.53. The van der Waals surface area contributed by atoms with E-state index in [1.807, 2.05) is 13.0 Å². The number of rotatable bonds is 6. The van der Waals surface area contributed by atoms with Crippen LogP contribution in [-0.2, 0) is 13.1 Å². The Hall–Kier alpha value is -1.46. The molecule has 2 aromatic heterocycles. The fraction of sp³-hybridized carbons (Fsp3) is 0.500. The van der Waals surface area contributed by atoms with E-state index in [0.29, 0.717) is 12.5 Å². The topological polar surface area (TPSA) is 55.0 Å². The van der Waals surface area contributed by atoms with Crippen molar-refractivity contribution in [2.24, 2.45) is 5.73 Å². The quantitative estimate of drug-likeness (QED) is 0.890. The highest BCUT2D eigenvalue weighted by molar-refractivity contribution is 7.15. The van der Waals surface area contributed by atoms with E-state index >= 15 is 0 Å². The number of anilines is 1. The second-order valence-electron chi connectivity index (χ2n) is 5.57. The zero-order valence-corrected chi connectivity index (χ0v) is 13.5. The highest BCUT2D eigenvalue weighted by Crippen LogP contribution is 2.44. The maximum Gasteiger partial charge on any atom is 0.186 e. The van der Waals surface area contributed by atoms with Crippen molar-refractivity contribution in [2.45, 2.75) is 45.7 Å². The first kappa shape index (κ1) is 14.5. The molecule has 0 aliphatic heterocycles. The van der Waals surface area contributed by atoms with Crippen LogP contribution in [0.15, 0.2) is 18.2 Å². The molecule has 0 atom stereocenters. The normalized spacial score (nSPS) is 14.4. The second kappa shape index (κ2) is 6.12. The molecule has 1 fully saturated rings. The van der Waals surface area contributed by atoms with Gasteiger partial charge >= 0.3 is 0 Å². The summed E-state index contributed by atoms with van der Waals surface area (Å²) < 4.78 is 0. The van der Waals surface area contributed by atoms with E-state index in [1.165, 1.54) is 23.4 Å². The minimum Gasteiger partial charge on any atom is -0.342 e. The van der Waals surface area contributed by atoms with E-state index in [4.69, 9.17) is 10.7 Å². The van der Waals surface area contributed by atoms with Gasteiger partial charge in [-0.1, -0.05) is 6.07 Å². The third-order valence-electron chi connectivity index (χ3n) is 3.82. The highest BCUT2D eigenvalue weighted by atomic mass is 32.1. The first-order valence-corrected chi connectivity index (χ1v) is 8.40. The summed E-state index contributed by atoms with van der Waals surface area (Å²) in [5, 5.41) is 1.09. The fourth-order valence-corrected chi connectivity index (χ4v) is 3.59. The van der Waals surface area contributed by atoms with Crippen molar-refractivity contribution in [3.8, 4) is 0 Å². The smallest absolute Gasteiger partial charge is 0.186 e. The van der Waals surface area contributed by atoms with Crippen LogP contribution in [0.5, 0.6) is 0 Å². The molecule has 0 unspecified atom stereocenters. The van der Waals surface area contributed by atoms with Gasteiger partial charge in [0.15, 0.2) is 5.13 Å². The van der Waals surface area contributed by atoms with Crippen molar-refractivity contribution in [1.82, 2.24) is 9.97 Å². The van der Waals surface area contributed by atoms with Crippen LogP contribution in [0.3, 0.4) is 0 Å². The zero-order valence-electron chi connectivity index (χ0n) is 12.7. The lowest BCUT2D eigenvalue weighted by Gasteiger charge is -2.19. The molecular formula is C16H22N4S. The van der Waals surface area contributed by atoms with Gasteiger partial charge in [0.2, 0.25) is 0 Å². The standard InChI is InChI=1S/C16H22N4S/c1-3-20(10-13-6-4-5-11(2)18-13)16-19-15(12-7-8-12)14(9-17)21-16/h4-6,12H,3,7-10,17H2,1-2H3. The molecule has 3 rings (SSSR count). The average molecular weight is 302 g/mol. The summed E-state index contributed by atoms with van der Waals surface area (Å²) in [6, 6.07) is 6.17. The number of aryl methyl sites for hydroxylation is 1. The summed E-state index contributed by atoms with van der Waals surface area (Å²) in [4.78, 5) is 13.0. The Bertz CT molecular complexity index is 618. The van der Waals surface area contributed by atoms with Gasteiger partial charge in [0.05, 0.1) is 17.9 Å². The lowest BCUT2D eigenvalue weighted by molar-refractivity contribution is 0.797. The molecule has 0 spiro atoms. The largest absolute Gasteiger partial charge is 0.342 e. The van der Waals surface area contributed by atoms with Crippen molar-refractivity contribution in [1.29, 1.82) is 0 Å². The van der Waals surface area contributed by atoms with Crippen LogP contribution in [0.4, 0.5) is 5.13 Å². The van der Waals surface area contributed by atoms with Gasteiger partial charge in [0, 0.05) is 29.6 Å². The van der Waals surface area contributed by atoms with Crippen molar-refractivity contribution in [3.05, 3.63) is 40.2 Å². The number of hydrogen-bond acceptors (Lipinski definition) is 5. The lowest BCUT2D eigenvalue weighted by atomic mass is 10.2. The summed E-state index contributed by atoms with van der Waals surface area (Å²) >= 11 is 1.75. The SMILES string of the molecule is CCN(Cc1cccc(C)n1)c1nc(C2CC2)c(CN)s1. The molecule has 0 amide bonds. The van der Waals surface area contributed by atoms with Gasteiger partial charge in [-0.2, -0.15) is 0 Å². The Morgan fingerprint density at radius 3 is 2.76 bits per heavy atom. The van der Waals surface area contributed by atoms with Crippen LogP contribution in [0.2, 0.25) is 0 Å². The molecular weight excluding hydrogens is 280 g/mol. The van der Waals surface area contributed by atoms with E-state index in [1.54, 1.807) is 11.3 Å². The molecule has 21 heavy (non-hydrogen) atoms. The van der Waals surface area contributed by atoms with E-state index in [9.17, 15) is 0 Å². The third kappa shape index (κ3) is 3.24. The molecule has 0 saturated heterocycles. The van der Waals surface area contributed by atoms with E-state index in [2.05, 4.69) is 28.9 Å². The molecule has 2 heterocycles. The molecule has 1 aliphatic carbocycles. The van der Waals surface area contributed by atoms with Crippen molar-refractivity contribution in [3.63, 3.8) is 0 Å². The Morgan fingerprint density at radius 1 is 1.33 bits per heavy atom. The van der Waals surface area contributed by atoms with E-state index in [-0.39, 0.29) is 0 Å². The van der Waals surface area contributed by atoms with Crippen LogP contribution in [0.1, 0.15) is 47.6 Å². The molecule has 1 saturated carbocycles. The summed E-state index contributed by atoms with van der Waals surface area (Å²) in [7, 11) is 0. The van der Waals surface area contributed by atoms with Crippen molar-refractivity contribution < 1.29 is 0 Å². The molecule has 4 nitrogen and oxygen atoms in total. The Labute approximate surface area is 130 Å². The first-order valence-electron chi connectivity index (χ1n) is 7.58. The van der Waals surface area contributed by atoms with Crippen molar-refractivity contribution >= 4 is 16.5 Å². The van der Waals surface area contributed by atoms with Gasteiger partial charge in [-0.15, -0.1) is 11.3 Å². The number of aromatic nitrogens is 2. The van der Waals surface area contributed by atoms with Gasteiger partial charge < -0.3 is 10.6 Å². The average Bonchev–Trinajstić information content (AvgIpc) is 3.24. The van der Waals surface area contributed by atoms with E-state index < -0.39 is 0 Å². The van der Waals surface area contributed by atoms with Gasteiger partial charge in [0.1, 0.15) is 0 Å². The lowest BCUT2D eigenvalue weighted by Crippen LogP contribution is -2.22. The maximum atomic E-state index is 5.88. The predicted octanol–water partition coefficient (Wildman–Crippen LogP) is 3.21. The second-order valence-corrected chi connectivity index (χ2v) is 6.63. The molecule has 0 aromatic carbocycles. The summed E-state index contributed by atoms with van der Waals surface area (Å²) in [6.07, 6.45) is 2.53. The van der Waals surface area contributed by atoms with Crippen LogP contribution < -0.4 is 10.6 Å². The monoisotopic (exact) mass is 302 g/mol. The van der Waals surface area contributed by atoms with Crippen LogP contribution in [-0.4, -0.2) is 16.5 Å². The molecule has 0 bridgehead atoms. The van der Waals surface area contributed by atoms with E-state index in [0.717, 1.165) is 29.6 Å². The minimum absolute atomic E-state index is 0.601. The summed E-state index contributed by atoms with van der Waals surface area (Å²) in [5.41, 5.74) is 9.28. The first-order chi connectivity index (χ1) is 10.2. The third-order valence-corrected chi connectivity index (χ3v) is 4.97. The number of hydrogen-bond donors (Lipinski definition) is 1. The molecule has 1 aliphatic rings. The van der Waals surface area contributed by atoms with Crippen LogP contribution >= 0.6 is 11.3 Å². The Morgan fingerprint density at radius 2 is 2.14 bits per heavy atom. The highest BCUT2D eigenvalue weighted by Gasteiger charge is 2.30. The minimum atomic E-state index is 0.601. The Kier molecular flexibility index (Phi) is 4.22. The van der Waals surface area contributed by atoms with Gasteiger partial charge in [0.25, 0.3) is 0 Å². The van der Waals surface area contributed by atoms with Gasteiger partial charge in [-0.25, -0.2) is 4.98 Å². The van der Waals surface area contributed by atoms with Crippen molar-refractivity contribution in [2.75, 3.05) is 11.4 Å².